The Morgan fingerprint density at radius 3 is 2.30 bits per heavy atom. The van der Waals surface area contributed by atoms with Crippen molar-refractivity contribution < 1.29 is 13.2 Å². The average molecular weight is 311 g/mol. The largest absolute Gasteiger partial charge is 0.455 e. The van der Waals surface area contributed by atoms with Gasteiger partial charge in [-0.05, 0) is 50.5 Å². The number of benzene rings is 1. The molecule has 2 rings (SSSR count). The molecule has 0 bridgehead atoms. The van der Waals surface area contributed by atoms with E-state index in [2.05, 4.69) is 0 Å². The standard InChI is InChI=1S/C14H17NO3S2/c1-8-5-6-12(10(3)9(8)2)18-13-7-19-11(4)14(13)20(15,16)17/h5-7H,1-4H3,(H2,15,16,17). The summed E-state index contributed by atoms with van der Waals surface area (Å²) in [4.78, 5) is 0.698. The van der Waals surface area contributed by atoms with Crippen molar-refractivity contribution in [3.63, 3.8) is 0 Å². The molecule has 108 valence electrons. The molecule has 6 heteroatoms. The summed E-state index contributed by atoms with van der Waals surface area (Å²) in [5.74, 6) is 0.942. The van der Waals surface area contributed by atoms with Crippen LogP contribution in [0.25, 0.3) is 0 Å². The molecule has 0 unspecified atom stereocenters. The zero-order chi connectivity index (χ0) is 15.1. The van der Waals surface area contributed by atoms with Crippen molar-refractivity contribution in [3.05, 3.63) is 39.1 Å². The topological polar surface area (TPSA) is 69.4 Å². The summed E-state index contributed by atoms with van der Waals surface area (Å²) in [5.41, 5.74) is 3.30. The number of ether oxygens (including phenoxy) is 1. The second-order valence-electron chi connectivity index (χ2n) is 4.76. The molecule has 2 N–H and O–H groups in total. The molecule has 1 aromatic heterocycles. The van der Waals surface area contributed by atoms with E-state index < -0.39 is 10.0 Å². The number of rotatable bonds is 3. The molecule has 0 fully saturated rings. The number of hydrogen-bond donors (Lipinski definition) is 1. The molecule has 1 aromatic carbocycles. The van der Waals surface area contributed by atoms with Crippen LogP contribution in [0.15, 0.2) is 22.4 Å². The Labute approximate surface area is 123 Å². The van der Waals surface area contributed by atoms with E-state index in [0.717, 1.165) is 11.1 Å². The first-order chi connectivity index (χ1) is 9.21. The Bertz CT molecular complexity index is 761. The second kappa shape index (κ2) is 5.20. The predicted octanol–water partition coefficient (Wildman–Crippen LogP) is 3.42. The zero-order valence-corrected chi connectivity index (χ0v) is 13.5. The maximum Gasteiger partial charge on any atom is 0.242 e. The van der Waals surface area contributed by atoms with Crippen LogP contribution >= 0.6 is 11.3 Å². The lowest BCUT2D eigenvalue weighted by molar-refractivity contribution is 0.466. The lowest BCUT2D eigenvalue weighted by Gasteiger charge is -2.12. The van der Waals surface area contributed by atoms with Gasteiger partial charge in [0.25, 0.3) is 0 Å². The molecule has 0 aliphatic rings. The van der Waals surface area contributed by atoms with E-state index in [1.807, 2.05) is 32.9 Å². The first kappa shape index (κ1) is 15.0. The smallest absolute Gasteiger partial charge is 0.242 e. The van der Waals surface area contributed by atoms with Crippen molar-refractivity contribution in [1.29, 1.82) is 0 Å². The molecular formula is C14H17NO3S2. The van der Waals surface area contributed by atoms with Crippen molar-refractivity contribution in [1.82, 2.24) is 0 Å². The second-order valence-corrected chi connectivity index (χ2v) is 7.34. The normalized spacial score (nSPS) is 11.7. The quantitative estimate of drug-likeness (QED) is 0.944. The third-order valence-corrected chi connectivity index (χ3v) is 5.49. The van der Waals surface area contributed by atoms with Crippen LogP contribution in [0.4, 0.5) is 0 Å². The van der Waals surface area contributed by atoms with E-state index in [4.69, 9.17) is 9.88 Å². The summed E-state index contributed by atoms with van der Waals surface area (Å²) in [6.45, 7) is 7.70. The fraction of sp³-hybridized carbons (Fsp3) is 0.286. The van der Waals surface area contributed by atoms with Crippen molar-refractivity contribution >= 4 is 21.4 Å². The van der Waals surface area contributed by atoms with Gasteiger partial charge in [-0.2, -0.15) is 0 Å². The van der Waals surface area contributed by atoms with Crippen LogP contribution in [0.3, 0.4) is 0 Å². The van der Waals surface area contributed by atoms with Crippen molar-refractivity contribution in [2.75, 3.05) is 0 Å². The van der Waals surface area contributed by atoms with Gasteiger partial charge in [0.05, 0.1) is 0 Å². The molecule has 0 amide bonds. The number of sulfonamides is 1. The third-order valence-electron chi connectivity index (χ3n) is 3.40. The molecule has 0 spiro atoms. The molecule has 0 saturated heterocycles. The highest BCUT2D eigenvalue weighted by molar-refractivity contribution is 7.89. The molecule has 0 aliphatic heterocycles. The molecule has 4 nitrogen and oxygen atoms in total. The summed E-state index contributed by atoms with van der Waals surface area (Å²) in [6, 6.07) is 3.80. The van der Waals surface area contributed by atoms with Crippen molar-refractivity contribution in [2.24, 2.45) is 5.14 Å². The van der Waals surface area contributed by atoms with E-state index in [1.54, 1.807) is 12.3 Å². The molecule has 0 saturated carbocycles. The van der Waals surface area contributed by atoms with Crippen LogP contribution in [0.5, 0.6) is 11.5 Å². The van der Waals surface area contributed by atoms with Gasteiger partial charge in [-0.1, -0.05) is 6.07 Å². The number of nitrogens with two attached hydrogens (primary N) is 1. The van der Waals surface area contributed by atoms with Crippen LogP contribution < -0.4 is 9.88 Å². The van der Waals surface area contributed by atoms with E-state index in [-0.39, 0.29) is 4.90 Å². The Kier molecular flexibility index (Phi) is 3.90. The minimum absolute atomic E-state index is 0.0696. The Morgan fingerprint density at radius 1 is 1.05 bits per heavy atom. The van der Waals surface area contributed by atoms with Gasteiger partial charge < -0.3 is 4.74 Å². The van der Waals surface area contributed by atoms with E-state index in [9.17, 15) is 8.42 Å². The number of hydrogen-bond acceptors (Lipinski definition) is 4. The van der Waals surface area contributed by atoms with Gasteiger partial charge in [-0.15, -0.1) is 11.3 Å². The summed E-state index contributed by atoms with van der Waals surface area (Å²) >= 11 is 1.31. The SMILES string of the molecule is Cc1ccc(Oc2csc(C)c2S(N)(=O)=O)c(C)c1C. The van der Waals surface area contributed by atoms with Gasteiger partial charge in [0, 0.05) is 10.3 Å². The molecule has 20 heavy (non-hydrogen) atoms. The average Bonchev–Trinajstić information content (AvgIpc) is 2.71. The molecule has 0 radical (unpaired) electrons. The summed E-state index contributed by atoms with van der Waals surface area (Å²) in [5, 5.41) is 6.92. The van der Waals surface area contributed by atoms with Crippen molar-refractivity contribution in [2.45, 2.75) is 32.6 Å². The molecule has 2 aromatic rings. The first-order valence-electron chi connectivity index (χ1n) is 6.07. The van der Waals surface area contributed by atoms with Crippen LogP contribution in [0.2, 0.25) is 0 Å². The minimum Gasteiger partial charge on any atom is -0.455 e. The Balaban J connectivity index is 2.50. The maximum atomic E-state index is 11.6. The highest BCUT2D eigenvalue weighted by atomic mass is 32.2. The Morgan fingerprint density at radius 2 is 1.70 bits per heavy atom. The van der Waals surface area contributed by atoms with Crippen molar-refractivity contribution in [3.8, 4) is 11.5 Å². The van der Waals surface area contributed by atoms with Gasteiger partial charge >= 0.3 is 0 Å². The van der Waals surface area contributed by atoms with Crippen LogP contribution in [0.1, 0.15) is 21.6 Å². The van der Waals surface area contributed by atoms with E-state index in [1.165, 1.54) is 16.9 Å². The first-order valence-corrected chi connectivity index (χ1v) is 8.50. The highest BCUT2D eigenvalue weighted by Crippen LogP contribution is 2.37. The predicted molar refractivity (Wildman–Crippen MR) is 81.2 cm³/mol. The Hall–Kier alpha value is -1.37. The third kappa shape index (κ3) is 2.72. The molecular weight excluding hydrogens is 294 g/mol. The van der Waals surface area contributed by atoms with Crippen LogP contribution in [-0.4, -0.2) is 8.42 Å². The molecule has 1 heterocycles. The molecule has 0 aliphatic carbocycles. The van der Waals surface area contributed by atoms with Gasteiger partial charge in [0.2, 0.25) is 10.0 Å². The van der Waals surface area contributed by atoms with Gasteiger partial charge in [-0.3, -0.25) is 0 Å². The zero-order valence-electron chi connectivity index (χ0n) is 11.9. The van der Waals surface area contributed by atoms with Gasteiger partial charge in [0.1, 0.15) is 10.6 Å². The number of primary sulfonamides is 1. The summed E-state index contributed by atoms with van der Waals surface area (Å²) < 4.78 is 29.0. The van der Waals surface area contributed by atoms with Crippen LogP contribution in [0, 0.1) is 27.7 Å². The fourth-order valence-electron chi connectivity index (χ4n) is 1.99. The fourth-order valence-corrected chi connectivity index (χ4v) is 4.00. The molecule has 0 atom stereocenters. The van der Waals surface area contributed by atoms with E-state index >= 15 is 0 Å². The lowest BCUT2D eigenvalue weighted by Crippen LogP contribution is -2.13. The van der Waals surface area contributed by atoms with E-state index in [0.29, 0.717) is 16.4 Å². The summed E-state index contributed by atoms with van der Waals surface area (Å²) in [6.07, 6.45) is 0. The number of thiophene rings is 1. The van der Waals surface area contributed by atoms with Crippen LogP contribution in [-0.2, 0) is 10.0 Å². The lowest BCUT2D eigenvalue weighted by atomic mass is 10.0. The minimum atomic E-state index is -3.79. The number of aryl methyl sites for hydroxylation is 2. The van der Waals surface area contributed by atoms with Gasteiger partial charge in [0.15, 0.2) is 5.75 Å². The monoisotopic (exact) mass is 311 g/mol. The van der Waals surface area contributed by atoms with Gasteiger partial charge in [-0.25, -0.2) is 13.6 Å². The maximum absolute atomic E-state index is 11.6. The highest BCUT2D eigenvalue weighted by Gasteiger charge is 2.21. The summed E-state index contributed by atoms with van der Waals surface area (Å²) in [7, 11) is -3.79.